The first-order chi connectivity index (χ1) is 11.6. The van der Waals surface area contributed by atoms with E-state index in [-0.39, 0.29) is 23.7 Å². The van der Waals surface area contributed by atoms with Crippen molar-refractivity contribution >= 4 is 17.8 Å². The molecule has 0 aromatic heterocycles. The quantitative estimate of drug-likeness (QED) is 0.511. The first kappa shape index (κ1) is 18.7. The lowest BCUT2D eigenvalue weighted by Gasteiger charge is -2.21. The summed E-state index contributed by atoms with van der Waals surface area (Å²) in [5.74, 6) is 0.279. The Bertz CT molecular complexity index is 451. The summed E-state index contributed by atoms with van der Waals surface area (Å²) in [7, 11) is 0. The molecule has 0 spiro atoms. The fourth-order valence-corrected chi connectivity index (χ4v) is 2.87. The van der Waals surface area contributed by atoms with E-state index in [0.29, 0.717) is 45.6 Å². The Balaban J connectivity index is 1.61. The number of amides is 2. The average molecular weight is 339 g/mol. The molecule has 0 unspecified atom stereocenters. The molecule has 7 heteroatoms. The summed E-state index contributed by atoms with van der Waals surface area (Å²) in [6.45, 7) is 5.94. The van der Waals surface area contributed by atoms with Crippen molar-refractivity contribution in [3.8, 4) is 0 Å². The highest BCUT2D eigenvalue weighted by atomic mass is 16.5. The number of carbonyl (C=O) groups is 3. The lowest BCUT2D eigenvalue weighted by molar-refractivity contribution is -0.144. The smallest absolute Gasteiger partial charge is 0.320 e. The van der Waals surface area contributed by atoms with Crippen LogP contribution in [0.25, 0.3) is 0 Å². The number of esters is 1. The molecule has 2 aliphatic rings. The van der Waals surface area contributed by atoms with Gasteiger partial charge in [0.15, 0.2) is 0 Å². The summed E-state index contributed by atoms with van der Waals surface area (Å²) in [5, 5.41) is 2.89. The summed E-state index contributed by atoms with van der Waals surface area (Å²) < 4.78 is 4.97. The van der Waals surface area contributed by atoms with Gasteiger partial charge in [-0.15, -0.1) is 0 Å². The van der Waals surface area contributed by atoms with Crippen molar-refractivity contribution in [1.82, 2.24) is 15.1 Å². The van der Waals surface area contributed by atoms with Crippen LogP contribution in [0, 0.1) is 5.92 Å². The second-order valence-electron chi connectivity index (χ2n) is 6.48. The van der Waals surface area contributed by atoms with Crippen LogP contribution in [0.3, 0.4) is 0 Å². The molecule has 24 heavy (non-hydrogen) atoms. The van der Waals surface area contributed by atoms with Crippen LogP contribution in [0.1, 0.15) is 39.0 Å². The van der Waals surface area contributed by atoms with Gasteiger partial charge < -0.3 is 15.0 Å². The van der Waals surface area contributed by atoms with Crippen LogP contribution >= 0.6 is 0 Å². The Morgan fingerprint density at radius 2 is 1.92 bits per heavy atom. The van der Waals surface area contributed by atoms with Crippen LogP contribution in [-0.4, -0.2) is 73.5 Å². The Kier molecular flexibility index (Phi) is 7.49. The standard InChI is InChI=1S/C17H29N3O4/c1-2-24-16(22)13-19-9-4-10-20(12-11-19)15(21)5-3-8-18-17(23)14-6-7-14/h14H,2-13H2,1H3,(H,18,23). The molecule has 7 nitrogen and oxygen atoms in total. The molecule has 1 saturated heterocycles. The molecule has 1 heterocycles. The van der Waals surface area contributed by atoms with Gasteiger partial charge >= 0.3 is 5.97 Å². The molecule has 136 valence electrons. The zero-order valence-electron chi connectivity index (χ0n) is 14.6. The van der Waals surface area contributed by atoms with Crippen LogP contribution in [0.2, 0.25) is 0 Å². The first-order valence-corrected chi connectivity index (χ1v) is 9.03. The fraction of sp³-hybridized carbons (Fsp3) is 0.824. The average Bonchev–Trinajstić information content (AvgIpc) is 3.38. The van der Waals surface area contributed by atoms with Gasteiger partial charge in [0.2, 0.25) is 11.8 Å². The number of rotatable bonds is 8. The van der Waals surface area contributed by atoms with Gasteiger partial charge in [0, 0.05) is 45.1 Å². The van der Waals surface area contributed by atoms with Gasteiger partial charge in [0.1, 0.15) is 0 Å². The van der Waals surface area contributed by atoms with Crippen LogP contribution < -0.4 is 5.32 Å². The molecule has 0 bridgehead atoms. The van der Waals surface area contributed by atoms with Gasteiger partial charge in [-0.2, -0.15) is 0 Å². The largest absolute Gasteiger partial charge is 0.465 e. The molecule has 1 saturated carbocycles. The number of hydrogen-bond donors (Lipinski definition) is 1. The van der Waals surface area contributed by atoms with E-state index in [1.165, 1.54) is 0 Å². The molecule has 2 amide bonds. The molecule has 0 atom stereocenters. The molecule has 0 aromatic carbocycles. The summed E-state index contributed by atoms with van der Waals surface area (Å²) >= 11 is 0. The monoisotopic (exact) mass is 339 g/mol. The Morgan fingerprint density at radius 1 is 1.12 bits per heavy atom. The summed E-state index contributed by atoms with van der Waals surface area (Å²) in [5.41, 5.74) is 0. The zero-order valence-corrected chi connectivity index (χ0v) is 14.6. The minimum atomic E-state index is -0.205. The van der Waals surface area contributed by atoms with Gasteiger partial charge in [0.05, 0.1) is 13.2 Å². The maximum atomic E-state index is 12.3. The van der Waals surface area contributed by atoms with Gasteiger partial charge in [-0.3, -0.25) is 19.3 Å². The Hall–Kier alpha value is -1.63. The summed E-state index contributed by atoms with van der Waals surface area (Å²) in [6.07, 6.45) is 4.01. The van der Waals surface area contributed by atoms with E-state index >= 15 is 0 Å². The van der Waals surface area contributed by atoms with Crippen LogP contribution in [0.4, 0.5) is 0 Å². The first-order valence-electron chi connectivity index (χ1n) is 9.03. The van der Waals surface area contributed by atoms with Crippen molar-refractivity contribution in [2.75, 3.05) is 45.9 Å². The summed E-state index contributed by atoms with van der Waals surface area (Å²) in [4.78, 5) is 39.2. The SMILES string of the molecule is CCOC(=O)CN1CCCN(C(=O)CCCNC(=O)C2CC2)CC1. The van der Waals surface area contributed by atoms with Crippen molar-refractivity contribution in [2.24, 2.45) is 5.92 Å². The molecule has 0 radical (unpaired) electrons. The van der Waals surface area contributed by atoms with Crippen LogP contribution in [0.15, 0.2) is 0 Å². The van der Waals surface area contributed by atoms with Gasteiger partial charge in [-0.25, -0.2) is 0 Å². The highest BCUT2D eigenvalue weighted by molar-refractivity contribution is 5.81. The maximum absolute atomic E-state index is 12.3. The van der Waals surface area contributed by atoms with Gasteiger partial charge in [0.25, 0.3) is 0 Å². The van der Waals surface area contributed by atoms with Crippen molar-refractivity contribution in [3.05, 3.63) is 0 Å². The van der Waals surface area contributed by atoms with E-state index < -0.39 is 0 Å². The van der Waals surface area contributed by atoms with E-state index in [0.717, 1.165) is 32.4 Å². The van der Waals surface area contributed by atoms with Crippen LogP contribution in [-0.2, 0) is 19.1 Å². The molecule has 2 rings (SSSR count). The fourth-order valence-electron chi connectivity index (χ4n) is 2.87. The number of ether oxygens (including phenoxy) is 1. The van der Waals surface area contributed by atoms with Crippen molar-refractivity contribution in [2.45, 2.75) is 39.0 Å². The number of nitrogens with zero attached hydrogens (tertiary/aromatic N) is 2. The van der Waals surface area contributed by atoms with E-state index in [9.17, 15) is 14.4 Å². The topological polar surface area (TPSA) is 79.0 Å². The lowest BCUT2D eigenvalue weighted by atomic mass is 10.2. The van der Waals surface area contributed by atoms with E-state index in [4.69, 9.17) is 4.74 Å². The minimum absolute atomic E-state index is 0.131. The molecule has 1 N–H and O–H groups in total. The van der Waals surface area contributed by atoms with Crippen molar-refractivity contribution in [3.63, 3.8) is 0 Å². The second kappa shape index (κ2) is 9.61. The third-order valence-electron chi connectivity index (χ3n) is 4.41. The van der Waals surface area contributed by atoms with Crippen molar-refractivity contribution in [1.29, 1.82) is 0 Å². The molecular weight excluding hydrogens is 310 g/mol. The Labute approximate surface area is 143 Å². The molecule has 2 fully saturated rings. The molecule has 1 aliphatic heterocycles. The highest BCUT2D eigenvalue weighted by Crippen LogP contribution is 2.28. The van der Waals surface area contributed by atoms with Gasteiger partial charge in [-0.1, -0.05) is 0 Å². The maximum Gasteiger partial charge on any atom is 0.320 e. The van der Waals surface area contributed by atoms with Crippen LogP contribution in [0.5, 0.6) is 0 Å². The molecular formula is C17H29N3O4. The zero-order chi connectivity index (χ0) is 17.4. The Morgan fingerprint density at radius 3 is 2.62 bits per heavy atom. The predicted octanol–water partition coefficient (Wildman–Crippen LogP) is 0.390. The predicted molar refractivity (Wildman–Crippen MR) is 89.2 cm³/mol. The van der Waals surface area contributed by atoms with Gasteiger partial charge in [-0.05, 0) is 32.6 Å². The van der Waals surface area contributed by atoms with E-state index in [1.54, 1.807) is 6.92 Å². The number of nitrogens with one attached hydrogen (secondary N) is 1. The number of carbonyl (C=O) groups excluding carboxylic acids is 3. The van der Waals surface area contributed by atoms with E-state index in [2.05, 4.69) is 5.32 Å². The normalized spacial score (nSPS) is 18.8. The molecule has 1 aliphatic carbocycles. The van der Waals surface area contributed by atoms with E-state index in [1.807, 2.05) is 9.80 Å². The highest BCUT2D eigenvalue weighted by Gasteiger charge is 2.29. The van der Waals surface area contributed by atoms with Crippen molar-refractivity contribution < 1.29 is 19.1 Å². The second-order valence-corrected chi connectivity index (χ2v) is 6.48. The lowest BCUT2D eigenvalue weighted by Crippen LogP contribution is -2.37. The molecule has 0 aromatic rings. The minimum Gasteiger partial charge on any atom is -0.465 e. The number of hydrogen-bond acceptors (Lipinski definition) is 5. The third kappa shape index (κ3) is 6.47. The summed E-state index contributed by atoms with van der Waals surface area (Å²) in [6, 6.07) is 0. The third-order valence-corrected chi connectivity index (χ3v) is 4.41.